The summed E-state index contributed by atoms with van der Waals surface area (Å²) >= 11 is 5.80. The fraction of sp³-hybridized carbons (Fsp3) is 0. The van der Waals surface area contributed by atoms with E-state index >= 15 is 0 Å². The normalized spacial score (nSPS) is 10.6. The van der Waals surface area contributed by atoms with Gasteiger partial charge in [0.05, 0.1) is 17.3 Å². The first-order valence-electron chi connectivity index (χ1n) is 7.93. The van der Waals surface area contributed by atoms with Gasteiger partial charge in [0.25, 0.3) is 5.91 Å². The highest BCUT2D eigenvalue weighted by Gasteiger charge is 2.08. The quantitative estimate of drug-likeness (QED) is 0.317. The second-order valence-electron chi connectivity index (χ2n) is 5.41. The summed E-state index contributed by atoms with van der Waals surface area (Å²) in [5.74, 6) is -0.434. The Bertz CT molecular complexity index is 956. The molecule has 7 heteroatoms. The van der Waals surface area contributed by atoms with Crippen LogP contribution in [0.2, 0.25) is 5.02 Å². The van der Waals surface area contributed by atoms with E-state index in [2.05, 4.69) is 15.5 Å². The molecule has 2 aromatic carbocycles. The van der Waals surface area contributed by atoms with Crippen molar-refractivity contribution in [2.75, 3.05) is 0 Å². The Hall–Kier alpha value is -3.51. The summed E-state index contributed by atoms with van der Waals surface area (Å²) < 4.78 is 5.29. The zero-order valence-corrected chi connectivity index (χ0v) is 14.8. The molecule has 0 saturated heterocycles. The van der Waals surface area contributed by atoms with E-state index in [1.165, 1.54) is 12.4 Å². The van der Waals surface area contributed by atoms with Gasteiger partial charge in [0, 0.05) is 17.4 Å². The van der Waals surface area contributed by atoms with Gasteiger partial charge in [0.2, 0.25) is 0 Å². The highest BCUT2D eigenvalue weighted by Crippen LogP contribution is 2.15. The second kappa shape index (κ2) is 8.73. The van der Waals surface area contributed by atoms with Crippen molar-refractivity contribution in [2.24, 2.45) is 5.10 Å². The van der Waals surface area contributed by atoms with Crippen LogP contribution in [0.1, 0.15) is 26.3 Å². The minimum atomic E-state index is -0.475. The Kier molecular flexibility index (Phi) is 5.91. The van der Waals surface area contributed by atoms with E-state index in [0.29, 0.717) is 21.9 Å². The number of esters is 1. The third-order valence-electron chi connectivity index (χ3n) is 3.47. The molecule has 1 heterocycles. The lowest BCUT2D eigenvalue weighted by Gasteiger charge is -2.04. The number of carbonyl (C=O) groups is 2. The predicted octanol–water partition coefficient (Wildman–Crippen LogP) is 3.72. The average molecular weight is 380 g/mol. The van der Waals surface area contributed by atoms with E-state index in [1.807, 2.05) is 0 Å². The van der Waals surface area contributed by atoms with Gasteiger partial charge in [-0.25, -0.2) is 10.2 Å². The second-order valence-corrected chi connectivity index (χ2v) is 5.84. The first kappa shape index (κ1) is 18.3. The SMILES string of the molecule is O=C(N/N=C/c1ccc(OC(=O)c2ccc(Cl)cc2)cc1)c1cccnc1. The molecule has 1 N–H and O–H groups in total. The number of halogens is 1. The van der Waals surface area contributed by atoms with Crippen LogP contribution in [0.15, 0.2) is 78.2 Å². The van der Waals surface area contributed by atoms with Gasteiger partial charge in [-0.2, -0.15) is 5.10 Å². The van der Waals surface area contributed by atoms with Gasteiger partial charge in [-0.1, -0.05) is 11.6 Å². The monoisotopic (exact) mass is 379 g/mol. The highest BCUT2D eigenvalue weighted by molar-refractivity contribution is 6.30. The van der Waals surface area contributed by atoms with Crippen molar-refractivity contribution in [3.8, 4) is 5.75 Å². The topological polar surface area (TPSA) is 80.6 Å². The summed E-state index contributed by atoms with van der Waals surface area (Å²) in [6.45, 7) is 0. The van der Waals surface area contributed by atoms with Crippen molar-refractivity contribution in [3.63, 3.8) is 0 Å². The standard InChI is InChI=1S/C20H14ClN3O3/c21-17-7-5-15(6-8-17)20(26)27-18-9-3-14(4-10-18)12-23-24-19(25)16-2-1-11-22-13-16/h1-13H,(H,24,25)/b23-12+. The molecule has 6 nitrogen and oxygen atoms in total. The van der Waals surface area contributed by atoms with Crippen molar-refractivity contribution in [1.82, 2.24) is 10.4 Å². The van der Waals surface area contributed by atoms with Crippen molar-refractivity contribution in [3.05, 3.63) is 94.8 Å². The maximum Gasteiger partial charge on any atom is 0.343 e. The predicted molar refractivity (Wildman–Crippen MR) is 102 cm³/mol. The summed E-state index contributed by atoms with van der Waals surface area (Å²) in [5, 5.41) is 4.44. The summed E-state index contributed by atoms with van der Waals surface area (Å²) in [7, 11) is 0. The fourth-order valence-corrected chi connectivity index (χ4v) is 2.23. The fourth-order valence-electron chi connectivity index (χ4n) is 2.10. The van der Waals surface area contributed by atoms with Gasteiger partial charge in [-0.05, 0) is 66.2 Å². The zero-order valence-electron chi connectivity index (χ0n) is 14.0. The molecule has 0 atom stereocenters. The minimum absolute atomic E-state index is 0.354. The largest absolute Gasteiger partial charge is 0.423 e. The van der Waals surface area contributed by atoms with Crippen LogP contribution in [0.5, 0.6) is 5.75 Å². The number of nitrogens with zero attached hydrogens (tertiary/aromatic N) is 2. The molecule has 0 fully saturated rings. The van der Waals surface area contributed by atoms with E-state index in [9.17, 15) is 9.59 Å². The molecule has 27 heavy (non-hydrogen) atoms. The van der Waals surface area contributed by atoms with Gasteiger partial charge in [0.1, 0.15) is 5.75 Å². The van der Waals surface area contributed by atoms with Crippen molar-refractivity contribution in [1.29, 1.82) is 0 Å². The van der Waals surface area contributed by atoms with E-state index in [-0.39, 0.29) is 5.91 Å². The number of rotatable bonds is 5. The van der Waals surface area contributed by atoms with Crippen LogP contribution in [0.4, 0.5) is 0 Å². The van der Waals surface area contributed by atoms with Crippen molar-refractivity contribution < 1.29 is 14.3 Å². The molecule has 0 spiro atoms. The summed E-state index contributed by atoms with van der Waals surface area (Å²) in [4.78, 5) is 27.8. The maximum absolute atomic E-state index is 12.0. The Labute approximate surface area is 160 Å². The number of benzene rings is 2. The van der Waals surface area contributed by atoms with Crippen LogP contribution in [-0.2, 0) is 0 Å². The van der Waals surface area contributed by atoms with E-state index in [1.54, 1.807) is 66.9 Å². The molecule has 1 aromatic heterocycles. The van der Waals surface area contributed by atoms with Crippen molar-refractivity contribution >= 4 is 29.7 Å². The Morgan fingerprint density at radius 3 is 2.41 bits per heavy atom. The molecule has 0 radical (unpaired) electrons. The number of pyridine rings is 1. The molecule has 0 aliphatic heterocycles. The molecule has 0 aliphatic carbocycles. The number of ether oxygens (including phenoxy) is 1. The molecule has 3 aromatic rings. The number of carbonyl (C=O) groups excluding carboxylic acids is 2. The van der Waals surface area contributed by atoms with Crippen LogP contribution >= 0.6 is 11.6 Å². The molecule has 0 unspecified atom stereocenters. The lowest BCUT2D eigenvalue weighted by atomic mass is 10.2. The first-order chi connectivity index (χ1) is 13.1. The van der Waals surface area contributed by atoms with Crippen LogP contribution in [0, 0.1) is 0 Å². The maximum atomic E-state index is 12.0. The zero-order chi connectivity index (χ0) is 19.1. The number of hydrogen-bond donors (Lipinski definition) is 1. The third kappa shape index (κ3) is 5.23. The molecule has 0 bridgehead atoms. The van der Waals surface area contributed by atoms with Crippen LogP contribution in [-0.4, -0.2) is 23.1 Å². The van der Waals surface area contributed by atoms with E-state index < -0.39 is 5.97 Å². The van der Waals surface area contributed by atoms with E-state index in [0.717, 1.165) is 5.56 Å². The summed E-state index contributed by atoms with van der Waals surface area (Å²) in [6.07, 6.45) is 4.52. The molecular formula is C20H14ClN3O3. The van der Waals surface area contributed by atoms with E-state index in [4.69, 9.17) is 16.3 Å². The molecule has 0 aliphatic rings. The van der Waals surface area contributed by atoms with Crippen LogP contribution in [0.25, 0.3) is 0 Å². The van der Waals surface area contributed by atoms with Gasteiger partial charge in [0.15, 0.2) is 0 Å². The van der Waals surface area contributed by atoms with Gasteiger partial charge in [-0.3, -0.25) is 9.78 Å². The number of hydrogen-bond acceptors (Lipinski definition) is 5. The Balaban J connectivity index is 1.56. The average Bonchev–Trinajstić information content (AvgIpc) is 2.70. The van der Waals surface area contributed by atoms with Gasteiger partial charge < -0.3 is 4.74 Å². The molecular weight excluding hydrogens is 366 g/mol. The lowest BCUT2D eigenvalue weighted by Crippen LogP contribution is -2.17. The minimum Gasteiger partial charge on any atom is -0.423 e. The molecule has 3 rings (SSSR count). The number of hydrazone groups is 1. The Morgan fingerprint density at radius 1 is 1.00 bits per heavy atom. The Morgan fingerprint density at radius 2 is 1.74 bits per heavy atom. The van der Waals surface area contributed by atoms with Crippen molar-refractivity contribution in [2.45, 2.75) is 0 Å². The smallest absolute Gasteiger partial charge is 0.343 e. The number of amides is 1. The number of aromatic nitrogens is 1. The van der Waals surface area contributed by atoms with Crippen LogP contribution in [0.3, 0.4) is 0 Å². The molecule has 0 saturated carbocycles. The molecule has 1 amide bonds. The summed E-state index contributed by atoms with van der Waals surface area (Å²) in [5.41, 5.74) is 3.97. The lowest BCUT2D eigenvalue weighted by molar-refractivity contribution is 0.0734. The van der Waals surface area contributed by atoms with Gasteiger partial charge in [-0.15, -0.1) is 0 Å². The van der Waals surface area contributed by atoms with Crippen LogP contribution < -0.4 is 10.2 Å². The third-order valence-corrected chi connectivity index (χ3v) is 3.73. The van der Waals surface area contributed by atoms with Gasteiger partial charge >= 0.3 is 5.97 Å². The number of nitrogens with one attached hydrogen (secondary N) is 1. The highest BCUT2D eigenvalue weighted by atomic mass is 35.5. The first-order valence-corrected chi connectivity index (χ1v) is 8.31. The summed E-state index contributed by atoms with van der Waals surface area (Å²) in [6, 6.07) is 16.4. The molecule has 134 valence electrons.